The zero-order valence-corrected chi connectivity index (χ0v) is 57.7. The van der Waals surface area contributed by atoms with E-state index in [1.807, 2.05) is 21.1 Å². The van der Waals surface area contributed by atoms with Gasteiger partial charge >= 0.3 is 17.9 Å². The van der Waals surface area contributed by atoms with Crippen molar-refractivity contribution in [1.29, 1.82) is 0 Å². The third-order valence-electron chi connectivity index (χ3n) is 16.1. The van der Waals surface area contributed by atoms with E-state index in [4.69, 9.17) is 18.9 Å². The summed E-state index contributed by atoms with van der Waals surface area (Å²) < 4.78 is 23.0. The van der Waals surface area contributed by atoms with Gasteiger partial charge in [-0.15, -0.1) is 0 Å². The van der Waals surface area contributed by atoms with Gasteiger partial charge in [-0.3, -0.25) is 9.59 Å². The molecular formula is C78H140NO8+. The molecule has 2 atom stereocenters. The molecule has 2 unspecified atom stereocenters. The fourth-order valence-electron chi connectivity index (χ4n) is 10.5. The molecule has 9 nitrogen and oxygen atoms in total. The predicted octanol–water partition coefficient (Wildman–Crippen LogP) is 23.0. The number of hydrogen-bond acceptors (Lipinski definition) is 7. The molecule has 0 aliphatic carbocycles. The Morgan fingerprint density at radius 1 is 0.356 bits per heavy atom. The molecule has 0 aliphatic heterocycles. The number of unbranched alkanes of at least 4 members (excludes halogenated alkanes) is 39. The summed E-state index contributed by atoms with van der Waals surface area (Å²) >= 11 is 0. The quantitative estimate of drug-likeness (QED) is 0.0211. The molecule has 0 radical (unpaired) electrons. The lowest BCUT2D eigenvalue weighted by Crippen LogP contribution is -2.40. The minimum Gasteiger partial charge on any atom is -0.477 e. The van der Waals surface area contributed by atoms with Crippen LogP contribution in [0.5, 0.6) is 0 Å². The number of carboxylic acid groups (broad SMARTS) is 1. The Hall–Kier alpha value is -3.53. The molecule has 87 heavy (non-hydrogen) atoms. The van der Waals surface area contributed by atoms with Gasteiger partial charge in [0.15, 0.2) is 6.10 Å². The molecule has 0 amide bonds. The first-order chi connectivity index (χ1) is 42.6. The monoisotopic (exact) mass is 1220 g/mol. The Kier molecular flexibility index (Phi) is 65.6. The number of quaternary nitrogens is 1. The minimum absolute atomic E-state index is 0.182. The molecule has 0 saturated heterocycles. The smallest absolute Gasteiger partial charge is 0.361 e. The van der Waals surface area contributed by atoms with Crippen LogP contribution in [0.2, 0.25) is 0 Å². The topological polar surface area (TPSA) is 108 Å². The Labute approximate surface area is 538 Å². The Balaban J connectivity index is 4.02. The lowest BCUT2D eigenvalue weighted by molar-refractivity contribution is -0.870. The SMILES string of the molecule is CC/C=C\C/C=C\C/C=C\C/C=C\CCCCCCCCCCCCCCC(=O)OC(COC(=O)CCCCCCCCCCCCCCCCCCCCCCCC/C=C\C/C=C\C/C=C\CCCCCCC)COC(OCC[N+](C)(C)C)C(=O)O. The lowest BCUT2D eigenvalue weighted by Gasteiger charge is -2.25. The largest absolute Gasteiger partial charge is 0.477 e. The number of hydrogen-bond donors (Lipinski definition) is 1. The number of esters is 2. The first kappa shape index (κ1) is 83.5. The molecule has 9 heteroatoms. The summed E-state index contributed by atoms with van der Waals surface area (Å²) in [7, 11) is 5.98. The van der Waals surface area contributed by atoms with Crippen molar-refractivity contribution in [1.82, 2.24) is 0 Å². The van der Waals surface area contributed by atoms with Gasteiger partial charge in [0.25, 0.3) is 6.29 Å². The van der Waals surface area contributed by atoms with E-state index in [2.05, 4.69) is 98.9 Å². The maximum absolute atomic E-state index is 12.9. The first-order valence-corrected chi connectivity index (χ1v) is 36.8. The molecule has 0 saturated carbocycles. The van der Waals surface area contributed by atoms with Gasteiger partial charge in [-0.1, -0.05) is 317 Å². The van der Waals surface area contributed by atoms with Crippen molar-refractivity contribution in [2.24, 2.45) is 0 Å². The highest BCUT2D eigenvalue weighted by Crippen LogP contribution is 2.18. The van der Waals surface area contributed by atoms with E-state index < -0.39 is 24.3 Å². The number of carbonyl (C=O) groups is 3. The number of likely N-dealkylation sites (N-methyl/N-ethyl adjacent to an activating group) is 1. The Morgan fingerprint density at radius 2 is 0.655 bits per heavy atom. The molecule has 0 aliphatic rings. The van der Waals surface area contributed by atoms with Crippen LogP contribution in [0.4, 0.5) is 0 Å². The number of ether oxygens (including phenoxy) is 4. The van der Waals surface area contributed by atoms with Crippen molar-refractivity contribution in [3.05, 3.63) is 85.1 Å². The second-order valence-corrected chi connectivity index (χ2v) is 25.9. The van der Waals surface area contributed by atoms with Gasteiger partial charge in [-0.05, 0) is 89.9 Å². The van der Waals surface area contributed by atoms with E-state index in [1.54, 1.807) is 0 Å². The predicted molar refractivity (Wildman–Crippen MR) is 373 cm³/mol. The summed E-state index contributed by atoms with van der Waals surface area (Å²) in [5.74, 6) is -1.99. The summed E-state index contributed by atoms with van der Waals surface area (Å²) in [6, 6.07) is 0. The summed E-state index contributed by atoms with van der Waals surface area (Å²) in [5, 5.41) is 9.75. The fraction of sp³-hybridized carbons (Fsp3) is 0.782. The molecule has 0 fully saturated rings. The number of nitrogens with zero attached hydrogens (tertiary/aromatic N) is 1. The molecule has 0 aromatic rings. The number of carbonyl (C=O) groups excluding carboxylic acids is 2. The average Bonchev–Trinajstić information content (AvgIpc) is 3.59. The van der Waals surface area contributed by atoms with Crippen molar-refractivity contribution in [2.75, 3.05) is 47.5 Å². The standard InChI is InChI=1S/C78H139NO8/c1-6-8-10-12-14-16-18-20-22-24-26-28-30-32-33-34-35-36-37-38-39-40-41-42-43-45-46-48-50-52-54-56-58-60-62-64-66-68-75(80)85-72-74(73-86-78(77(82)83)84-71-70-79(3,4)5)87-76(81)69-67-65-63-61-59-57-55-53-51-49-47-44-31-29-27-25-23-21-19-17-15-13-11-9-7-2/h9,11,15,17-18,20-21,23-24,26-27,29-30,32,74,78H,6-8,10,12-14,16,19,22,25,28,31,33-73H2,1-5H3/p+1/b11-9-,17-15-,20-18-,23-21-,26-24-,29-27-,32-30-. The van der Waals surface area contributed by atoms with Crippen LogP contribution >= 0.6 is 0 Å². The van der Waals surface area contributed by atoms with E-state index in [0.717, 1.165) is 77.0 Å². The number of rotatable bonds is 68. The number of allylic oxidation sites excluding steroid dienone is 14. The van der Waals surface area contributed by atoms with Gasteiger partial charge in [-0.25, -0.2) is 4.79 Å². The van der Waals surface area contributed by atoms with Crippen molar-refractivity contribution >= 4 is 17.9 Å². The van der Waals surface area contributed by atoms with Gasteiger partial charge in [0.05, 0.1) is 34.4 Å². The molecule has 0 bridgehead atoms. The summed E-state index contributed by atoms with van der Waals surface area (Å²) in [5.41, 5.74) is 0. The van der Waals surface area contributed by atoms with Crippen molar-refractivity contribution in [3.63, 3.8) is 0 Å². The van der Waals surface area contributed by atoms with Crippen LogP contribution in [0.15, 0.2) is 85.1 Å². The highest BCUT2D eigenvalue weighted by molar-refractivity contribution is 5.71. The summed E-state index contributed by atoms with van der Waals surface area (Å²) in [4.78, 5) is 37.7. The van der Waals surface area contributed by atoms with Gasteiger partial charge in [0, 0.05) is 12.8 Å². The lowest BCUT2D eigenvalue weighted by atomic mass is 10.0. The van der Waals surface area contributed by atoms with Gasteiger partial charge < -0.3 is 28.5 Å². The Bertz CT molecular complexity index is 1700. The molecule has 0 rings (SSSR count). The average molecular weight is 1220 g/mol. The maximum Gasteiger partial charge on any atom is 0.361 e. The molecule has 1 N–H and O–H groups in total. The molecule has 0 aromatic heterocycles. The van der Waals surface area contributed by atoms with Crippen LogP contribution in [0.1, 0.15) is 335 Å². The third kappa shape index (κ3) is 69.8. The minimum atomic E-state index is -1.51. The highest BCUT2D eigenvalue weighted by Gasteiger charge is 2.25. The Morgan fingerprint density at radius 3 is 0.977 bits per heavy atom. The molecular weight excluding hydrogens is 1080 g/mol. The normalized spacial score (nSPS) is 13.2. The van der Waals surface area contributed by atoms with Crippen LogP contribution in [-0.2, 0) is 33.3 Å². The van der Waals surface area contributed by atoms with E-state index >= 15 is 0 Å². The van der Waals surface area contributed by atoms with Crippen LogP contribution < -0.4 is 0 Å². The summed E-state index contributed by atoms with van der Waals surface area (Å²) in [6.45, 7) is 4.79. The van der Waals surface area contributed by atoms with Crippen LogP contribution in [0.3, 0.4) is 0 Å². The van der Waals surface area contributed by atoms with Crippen LogP contribution in [-0.4, -0.2) is 87.4 Å². The van der Waals surface area contributed by atoms with Crippen molar-refractivity contribution in [2.45, 2.75) is 347 Å². The number of aliphatic carboxylic acids is 1. The zero-order valence-electron chi connectivity index (χ0n) is 57.7. The molecule has 0 heterocycles. The molecule has 504 valence electrons. The van der Waals surface area contributed by atoms with Crippen LogP contribution in [0.25, 0.3) is 0 Å². The van der Waals surface area contributed by atoms with Gasteiger partial charge in [0.1, 0.15) is 13.2 Å². The second-order valence-electron chi connectivity index (χ2n) is 25.9. The second kappa shape index (κ2) is 68.4. The third-order valence-corrected chi connectivity index (χ3v) is 16.1. The van der Waals surface area contributed by atoms with Gasteiger partial charge in [0.2, 0.25) is 0 Å². The number of carboxylic acids is 1. The van der Waals surface area contributed by atoms with Crippen LogP contribution in [0, 0.1) is 0 Å². The van der Waals surface area contributed by atoms with Crippen molar-refractivity contribution < 1.29 is 42.9 Å². The maximum atomic E-state index is 12.9. The summed E-state index contributed by atoms with van der Waals surface area (Å²) in [6.07, 6.45) is 90.0. The molecule has 0 spiro atoms. The van der Waals surface area contributed by atoms with E-state index in [0.29, 0.717) is 17.4 Å². The van der Waals surface area contributed by atoms with Crippen molar-refractivity contribution in [3.8, 4) is 0 Å². The van der Waals surface area contributed by atoms with E-state index in [1.165, 1.54) is 231 Å². The van der Waals surface area contributed by atoms with Gasteiger partial charge in [-0.2, -0.15) is 0 Å². The first-order valence-electron chi connectivity index (χ1n) is 36.8. The van der Waals surface area contributed by atoms with E-state index in [9.17, 15) is 19.5 Å². The van der Waals surface area contributed by atoms with E-state index in [-0.39, 0.29) is 32.2 Å². The zero-order chi connectivity index (χ0) is 63.3. The molecule has 0 aromatic carbocycles. The fourth-order valence-corrected chi connectivity index (χ4v) is 10.5. The highest BCUT2D eigenvalue weighted by atomic mass is 16.7.